The zero-order valence-corrected chi connectivity index (χ0v) is 13.8. The number of hydrogen-bond donors (Lipinski definition) is 2. The molecular formula is C18H23N3O2. The molecule has 2 N–H and O–H groups in total. The van der Waals surface area contributed by atoms with Gasteiger partial charge >= 0.3 is 0 Å². The molecule has 0 saturated carbocycles. The third-order valence-electron chi connectivity index (χ3n) is 3.36. The molecule has 122 valence electrons. The third-order valence-corrected chi connectivity index (χ3v) is 3.36. The molecule has 0 spiro atoms. The van der Waals surface area contributed by atoms with E-state index in [0.29, 0.717) is 17.8 Å². The van der Waals surface area contributed by atoms with Gasteiger partial charge in [-0.15, -0.1) is 0 Å². The Bertz CT molecular complexity index is 634. The molecule has 5 nitrogen and oxygen atoms in total. The van der Waals surface area contributed by atoms with Crippen molar-refractivity contribution in [3.05, 3.63) is 48.3 Å². The van der Waals surface area contributed by atoms with Gasteiger partial charge in [0.1, 0.15) is 0 Å². The molecule has 0 bridgehead atoms. The highest BCUT2D eigenvalue weighted by Gasteiger charge is 2.20. The molecule has 1 heterocycles. The van der Waals surface area contributed by atoms with E-state index in [1.807, 2.05) is 30.3 Å². The summed E-state index contributed by atoms with van der Waals surface area (Å²) in [7, 11) is 0. The maximum absolute atomic E-state index is 12.2. The molecule has 0 saturated heterocycles. The number of amides is 1. The molecule has 1 aromatic heterocycles. The van der Waals surface area contributed by atoms with Crippen molar-refractivity contribution in [2.24, 2.45) is 5.41 Å². The number of aromatic nitrogens is 2. The van der Waals surface area contributed by atoms with Crippen LogP contribution in [0.15, 0.2) is 42.7 Å². The quantitative estimate of drug-likeness (QED) is 0.890. The van der Waals surface area contributed by atoms with Crippen LogP contribution in [0.5, 0.6) is 0 Å². The van der Waals surface area contributed by atoms with E-state index < -0.39 is 0 Å². The van der Waals surface area contributed by atoms with Crippen LogP contribution in [-0.2, 0) is 0 Å². The van der Waals surface area contributed by atoms with Crippen LogP contribution in [0.25, 0.3) is 11.4 Å². The van der Waals surface area contributed by atoms with Crippen molar-refractivity contribution in [1.82, 2.24) is 15.3 Å². The van der Waals surface area contributed by atoms with E-state index in [-0.39, 0.29) is 24.0 Å². The second-order valence-electron chi connectivity index (χ2n) is 6.78. The lowest BCUT2D eigenvalue weighted by molar-refractivity contribution is 0.0897. The number of rotatable bonds is 5. The monoisotopic (exact) mass is 313 g/mol. The first-order chi connectivity index (χ1) is 10.9. The fraction of sp³-hybridized carbons (Fsp3) is 0.389. The largest absolute Gasteiger partial charge is 0.394 e. The lowest BCUT2D eigenvalue weighted by Gasteiger charge is -2.25. The third kappa shape index (κ3) is 5.14. The maximum Gasteiger partial charge on any atom is 0.254 e. The SMILES string of the molecule is CC(C)(C)C[C@@H](CO)NC(=O)c1cnc(-c2ccccc2)nc1. The molecule has 0 aliphatic heterocycles. The Labute approximate surface area is 136 Å². The fourth-order valence-corrected chi connectivity index (χ4v) is 2.35. The van der Waals surface area contributed by atoms with Crippen LogP contribution in [0.4, 0.5) is 0 Å². The smallest absolute Gasteiger partial charge is 0.254 e. The molecule has 0 radical (unpaired) electrons. The standard InChI is InChI=1S/C18H23N3O2/c1-18(2,3)9-15(12-22)21-17(23)14-10-19-16(20-11-14)13-7-5-4-6-8-13/h4-8,10-11,15,22H,9,12H2,1-3H3,(H,21,23)/t15-/m0/s1. The summed E-state index contributed by atoms with van der Waals surface area (Å²) in [6.07, 6.45) is 3.71. The highest BCUT2D eigenvalue weighted by molar-refractivity contribution is 5.93. The van der Waals surface area contributed by atoms with Crippen molar-refractivity contribution in [3.8, 4) is 11.4 Å². The molecule has 0 unspecified atom stereocenters. The summed E-state index contributed by atoms with van der Waals surface area (Å²) < 4.78 is 0. The number of nitrogens with zero attached hydrogens (tertiary/aromatic N) is 2. The summed E-state index contributed by atoms with van der Waals surface area (Å²) in [4.78, 5) is 20.7. The zero-order valence-electron chi connectivity index (χ0n) is 13.8. The van der Waals surface area contributed by atoms with Crippen molar-refractivity contribution < 1.29 is 9.90 Å². The van der Waals surface area contributed by atoms with Crippen molar-refractivity contribution in [3.63, 3.8) is 0 Å². The summed E-state index contributed by atoms with van der Waals surface area (Å²) in [6, 6.07) is 9.31. The highest BCUT2D eigenvalue weighted by atomic mass is 16.3. The van der Waals surface area contributed by atoms with Gasteiger partial charge in [-0.25, -0.2) is 9.97 Å². The normalized spacial score (nSPS) is 12.7. The van der Waals surface area contributed by atoms with Gasteiger partial charge in [0.2, 0.25) is 0 Å². The van der Waals surface area contributed by atoms with E-state index in [4.69, 9.17) is 0 Å². The van der Waals surface area contributed by atoms with Crippen molar-refractivity contribution in [2.45, 2.75) is 33.2 Å². The Morgan fingerprint density at radius 2 is 1.78 bits per heavy atom. The molecule has 1 atom stereocenters. The van der Waals surface area contributed by atoms with Gasteiger partial charge in [-0.1, -0.05) is 51.1 Å². The van der Waals surface area contributed by atoms with E-state index in [1.165, 1.54) is 12.4 Å². The number of aliphatic hydroxyl groups is 1. The van der Waals surface area contributed by atoms with Gasteiger partial charge in [-0.05, 0) is 11.8 Å². The molecule has 2 rings (SSSR count). The Morgan fingerprint density at radius 1 is 1.17 bits per heavy atom. The molecule has 2 aromatic rings. The van der Waals surface area contributed by atoms with Crippen molar-refractivity contribution in [2.75, 3.05) is 6.61 Å². The molecule has 1 aromatic carbocycles. The van der Waals surface area contributed by atoms with Crippen LogP contribution < -0.4 is 5.32 Å². The van der Waals surface area contributed by atoms with Gasteiger partial charge in [-0.3, -0.25) is 4.79 Å². The van der Waals surface area contributed by atoms with Gasteiger partial charge in [0.25, 0.3) is 5.91 Å². The zero-order chi connectivity index (χ0) is 16.9. The summed E-state index contributed by atoms with van der Waals surface area (Å²) in [5.41, 5.74) is 1.31. The van der Waals surface area contributed by atoms with Crippen LogP contribution in [0, 0.1) is 5.41 Å². The molecule has 1 amide bonds. The summed E-state index contributed by atoms with van der Waals surface area (Å²) in [5, 5.41) is 12.3. The number of hydrogen-bond acceptors (Lipinski definition) is 4. The fourth-order valence-electron chi connectivity index (χ4n) is 2.35. The number of benzene rings is 1. The predicted molar refractivity (Wildman–Crippen MR) is 89.9 cm³/mol. The van der Waals surface area contributed by atoms with Gasteiger partial charge < -0.3 is 10.4 Å². The Kier molecular flexibility index (Phi) is 5.45. The summed E-state index contributed by atoms with van der Waals surface area (Å²) in [5.74, 6) is 0.309. The average Bonchev–Trinajstić information content (AvgIpc) is 2.54. The maximum atomic E-state index is 12.2. The molecule has 5 heteroatoms. The predicted octanol–water partition coefficient (Wildman–Crippen LogP) is 2.67. The van der Waals surface area contributed by atoms with E-state index in [1.54, 1.807) is 0 Å². The van der Waals surface area contributed by atoms with Crippen molar-refractivity contribution >= 4 is 5.91 Å². The van der Waals surface area contributed by atoms with Crippen LogP contribution in [-0.4, -0.2) is 33.6 Å². The lowest BCUT2D eigenvalue weighted by atomic mass is 9.88. The van der Waals surface area contributed by atoms with Crippen molar-refractivity contribution in [1.29, 1.82) is 0 Å². The molecule has 0 aliphatic carbocycles. The number of carbonyl (C=O) groups is 1. The first-order valence-corrected chi connectivity index (χ1v) is 7.68. The minimum atomic E-state index is -0.281. The number of carbonyl (C=O) groups excluding carboxylic acids is 1. The number of nitrogens with one attached hydrogen (secondary N) is 1. The van der Waals surface area contributed by atoms with E-state index in [0.717, 1.165) is 5.56 Å². The topological polar surface area (TPSA) is 75.1 Å². The summed E-state index contributed by atoms with van der Waals surface area (Å²) >= 11 is 0. The Hall–Kier alpha value is -2.27. The molecule has 0 aliphatic rings. The van der Waals surface area contributed by atoms with Gasteiger partial charge in [0, 0.05) is 18.0 Å². The summed E-state index contributed by atoms with van der Waals surface area (Å²) in [6.45, 7) is 6.12. The Morgan fingerprint density at radius 3 is 2.30 bits per heavy atom. The average molecular weight is 313 g/mol. The molecule has 0 fully saturated rings. The number of aliphatic hydroxyl groups excluding tert-OH is 1. The van der Waals surface area contributed by atoms with Crippen LogP contribution in [0.2, 0.25) is 0 Å². The first kappa shape index (κ1) is 17.1. The minimum absolute atomic E-state index is 0.0222. The second-order valence-corrected chi connectivity index (χ2v) is 6.78. The van der Waals surface area contributed by atoms with E-state index in [2.05, 4.69) is 36.1 Å². The molecule has 23 heavy (non-hydrogen) atoms. The highest BCUT2D eigenvalue weighted by Crippen LogP contribution is 2.21. The van der Waals surface area contributed by atoms with Crippen LogP contribution >= 0.6 is 0 Å². The lowest BCUT2D eigenvalue weighted by Crippen LogP contribution is -2.40. The minimum Gasteiger partial charge on any atom is -0.394 e. The van der Waals surface area contributed by atoms with Crippen LogP contribution in [0.3, 0.4) is 0 Å². The van der Waals surface area contributed by atoms with Gasteiger partial charge in [0.05, 0.1) is 18.2 Å². The van der Waals surface area contributed by atoms with E-state index in [9.17, 15) is 9.90 Å². The van der Waals surface area contributed by atoms with E-state index >= 15 is 0 Å². The Balaban J connectivity index is 2.05. The second kappa shape index (κ2) is 7.33. The van der Waals surface area contributed by atoms with Gasteiger partial charge in [0.15, 0.2) is 5.82 Å². The first-order valence-electron chi connectivity index (χ1n) is 7.68. The van der Waals surface area contributed by atoms with Gasteiger partial charge in [-0.2, -0.15) is 0 Å². The molecular weight excluding hydrogens is 290 g/mol. The van der Waals surface area contributed by atoms with Crippen LogP contribution in [0.1, 0.15) is 37.6 Å².